The summed E-state index contributed by atoms with van der Waals surface area (Å²) in [7, 11) is 0. The summed E-state index contributed by atoms with van der Waals surface area (Å²) in [5.41, 5.74) is 0. The molecule has 0 spiro atoms. The average molecular weight is 239 g/mol. The van der Waals surface area contributed by atoms with Gasteiger partial charge in [-0.25, -0.2) is 0 Å². The second kappa shape index (κ2) is 5.27. The van der Waals surface area contributed by atoms with E-state index in [9.17, 15) is 4.79 Å². The maximum atomic E-state index is 10.7. The molecule has 6 heteroatoms. The molecule has 1 fully saturated rings. The Labute approximate surface area is 99.6 Å². The van der Waals surface area contributed by atoms with Crippen LogP contribution in [0.3, 0.4) is 0 Å². The molecule has 0 aliphatic heterocycles. The number of carbonyl (C=O) groups is 1. The molecule has 1 aromatic heterocycles. The van der Waals surface area contributed by atoms with Gasteiger partial charge in [0.2, 0.25) is 5.89 Å². The maximum Gasteiger partial charge on any atom is 0.317 e. The number of hydrogen-bond donors (Lipinski definition) is 1. The summed E-state index contributed by atoms with van der Waals surface area (Å²) in [6, 6.07) is 0.374. The third kappa shape index (κ3) is 3.52. The van der Waals surface area contributed by atoms with Crippen molar-refractivity contribution in [1.82, 2.24) is 15.0 Å². The zero-order chi connectivity index (χ0) is 12.3. The molecule has 0 saturated heterocycles. The van der Waals surface area contributed by atoms with Crippen molar-refractivity contribution in [1.29, 1.82) is 0 Å². The van der Waals surface area contributed by atoms with Crippen LogP contribution in [0.2, 0.25) is 0 Å². The highest BCUT2D eigenvalue weighted by atomic mass is 16.5. The first-order valence-corrected chi connectivity index (χ1v) is 5.96. The molecule has 0 atom stereocenters. The zero-order valence-electron chi connectivity index (χ0n) is 9.93. The first-order valence-electron chi connectivity index (χ1n) is 5.96. The number of nitrogens with zero attached hydrogens (tertiary/aromatic N) is 3. The van der Waals surface area contributed by atoms with E-state index in [1.54, 1.807) is 0 Å². The van der Waals surface area contributed by atoms with E-state index in [-0.39, 0.29) is 6.54 Å². The summed E-state index contributed by atoms with van der Waals surface area (Å²) < 4.78 is 5.08. The Morgan fingerprint density at radius 3 is 2.94 bits per heavy atom. The number of aliphatic carboxylic acids is 1. The van der Waals surface area contributed by atoms with Gasteiger partial charge >= 0.3 is 5.97 Å². The quantitative estimate of drug-likeness (QED) is 0.766. The van der Waals surface area contributed by atoms with Crippen molar-refractivity contribution in [3.63, 3.8) is 0 Å². The minimum Gasteiger partial charge on any atom is -0.480 e. The smallest absolute Gasteiger partial charge is 0.317 e. The Morgan fingerprint density at radius 2 is 2.35 bits per heavy atom. The standard InChI is InChI=1S/C11H17N3O3/c1-2-3-10-12-9(13-17-10)6-14(7-11(15)16)8-4-5-8/h8H,2-7H2,1H3,(H,15,16). The molecule has 1 heterocycles. The van der Waals surface area contributed by atoms with E-state index in [1.807, 2.05) is 11.8 Å². The second-order valence-corrected chi connectivity index (χ2v) is 4.38. The first kappa shape index (κ1) is 12.0. The maximum absolute atomic E-state index is 10.7. The number of hydrogen-bond acceptors (Lipinski definition) is 5. The highest BCUT2D eigenvalue weighted by Crippen LogP contribution is 2.27. The topological polar surface area (TPSA) is 79.5 Å². The van der Waals surface area contributed by atoms with Gasteiger partial charge in [-0.05, 0) is 19.3 Å². The van der Waals surface area contributed by atoms with Crippen LogP contribution in [0.15, 0.2) is 4.52 Å². The highest BCUT2D eigenvalue weighted by Gasteiger charge is 2.31. The van der Waals surface area contributed by atoms with Crippen LogP contribution in [-0.4, -0.2) is 38.7 Å². The SMILES string of the molecule is CCCc1nc(CN(CC(=O)O)C2CC2)no1. The Balaban J connectivity index is 1.93. The molecule has 2 rings (SSSR count). The molecule has 0 radical (unpaired) electrons. The summed E-state index contributed by atoms with van der Waals surface area (Å²) >= 11 is 0. The van der Waals surface area contributed by atoms with Crippen molar-refractivity contribution in [2.45, 2.75) is 45.2 Å². The van der Waals surface area contributed by atoms with Gasteiger partial charge in [0.05, 0.1) is 13.1 Å². The highest BCUT2D eigenvalue weighted by molar-refractivity contribution is 5.69. The average Bonchev–Trinajstić information content (AvgIpc) is 3.01. The molecule has 0 aromatic carbocycles. The Kier molecular flexibility index (Phi) is 3.73. The molecule has 0 bridgehead atoms. The van der Waals surface area contributed by atoms with Crippen LogP contribution < -0.4 is 0 Å². The molecule has 1 aliphatic carbocycles. The van der Waals surface area contributed by atoms with Gasteiger partial charge in [0.15, 0.2) is 5.82 Å². The summed E-state index contributed by atoms with van der Waals surface area (Å²) in [4.78, 5) is 16.9. The third-order valence-corrected chi connectivity index (χ3v) is 2.72. The Morgan fingerprint density at radius 1 is 1.59 bits per heavy atom. The van der Waals surface area contributed by atoms with Gasteiger partial charge in [0, 0.05) is 12.5 Å². The van der Waals surface area contributed by atoms with Gasteiger partial charge in [-0.15, -0.1) is 0 Å². The minimum absolute atomic E-state index is 0.0440. The molecule has 0 unspecified atom stereocenters. The van der Waals surface area contributed by atoms with Crippen LogP contribution in [0.25, 0.3) is 0 Å². The van der Waals surface area contributed by atoms with Gasteiger partial charge in [0.25, 0.3) is 0 Å². The second-order valence-electron chi connectivity index (χ2n) is 4.38. The van der Waals surface area contributed by atoms with E-state index < -0.39 is 5.97 Å². The number of rotatable bonds is 7. The Hall–Kier alpha value is -1.43. The molecular weight excluding hydrogens is 222 g/mol. The van der Waals surface area contributed by atoms with Gasteiger partial charge < -0.3 is 9.63 Å². The molecule has 6 nitrogen and oxygen atoms in total. The Bertz CT molecular complexity index is 387. The van der Waals surface area contributed by atoms with Crippen LogP contribution in [0.1, 0.15) is 37.9 Å². The van der Waals surface area contributed by atoms with Crippen LogP contribution >= 0.6 is 0 Å². The van der Waals surface area contributed by atoms with E-state index in [1.165, 1.54) is 0 Å². The van der Waals surface area contributed by atoms with E-state index in [0.29, 0.717) is 24.3 Å². The molecule has 1 saturated carbocycles. The van der Waals surface area contributed by atoms with Crippen LogP contribution in [0.4, 0.5) is 0 Å². The summed E-state index contributed by atoms with van der Waals surface area (Å²) in [5.74, 6) is 0.407. The lowest BCUT2D eigenvalue weighted by Gasteiger charge is -2.16. The number of carboxylic acids is 1. The predicted octanol–water partition coefficient (Wildman–Crippen LogP) is 1.07. The first-order chi connectivity index (χ1) is 8.19. The van der Waals surface area contributed by atoms with Crippen molar-refractivity contribution in [2.24, 2.45) is 0 Å². The fraction of sp³-hybridized carbons (Fsp3) is 0.727. The number of carboxylic acid groups (broad SMARTS) is 1. The lowest BCUT2D eigenvalue weighted by atomic mass is 10.3. The molecule has 17 heavy (non-hydrogen) atoms. The van der Waals surface area contributed by atoms with E-state index >= 15 is 0 Å². The lowest BCUT2D eigenvalue weighted by molar-refractivity contribution is -0.138. The summed E-state index contributed by atoms with van der Waals surface area (Å²) in [5, 5.41) is 12.7. The van der Waals surface area contributed by atoms with Gasteiger partial charge in [0.1, 0.15) is 0 Å². The molecule has 0 amide bonds. The summed E-state index contributed by atoms with van der Waals surface area (Å²) in [6.07, 6.45) is 3.86. The number of aromatic nitrogens is 2. The fourth-order valence-corrected chi connectivity index (χ4v) is 1.78. The zero-order valence-corrected chi connectivity index (χ0v) is 9.93. The van der Waals surface area contributed by atoms with Crippen LogP contribution in [-0.2, 0) is 17.8 Å². The summed E-state index contributed by atoms with van der Waals surface area (Å²) in [6.45, 7) is 2.55. The minimum atomic E-state index is -0.811. The molecule has 1 aromatic rings. The largest absolute Gasteiger partial charge is 0.480 e. The van der Waals surface area contributed by atoms with Crippen molar-refractivity contribution < 1.29 is 14.4 Å². The van der Waals surface area contributed by atoms with Crippen molar-refractivity contribution in [3.8, 4) is 0 Å². The van der Waals surface area contributed by atoms with Crippen molar-refractivity contribution in [2.75, 3.05) is 6.54 Å². The predicted molar refractivity (Wildman–Crippen MR) is 59.4 cm³/mol. The third-order valence-electron chi connectivity index (χ3n) is 2.72. The molecule has 1 N–H and O–H groups in total. The van der Waals surface area contributed by atoms with Crippen molar-refractivity contribution in [3.05, 3.63) is 11.7 Å². The lowest BCUT2D eigenvalue weighted by Crippen LogP contribution is -2.31. The van der Waals surface area contributed by atoms with E-state index in [0.717, 1.165) is 25.7 Å². The monoisotopic (exact) mass is 239 g/mol. The van der Waals surface area contributed by atoms with Gasteiger partial charge in [-0.2, -0.15) is 4.98 Å². The van der Waals surface area contributed by atoms with Crippen LogP contribution in [0.5, 0.6) is 0 Å². The molecular formula is C11H17N3O3. The van der Waals surface area contributed by atoms with E-state index in [2.05, 4.69) is 10.1 Å². The van der Waals surface area contributed by atoms with Crippen molar-refractivity contribution >= 4 is 5.97 Å². The molecule has 94 valence electrons. The molecule has 1 aliphatic rings. The van der Waals surface area contributed by atoms with Crippen LogP contribution in [0, 0.1) is 0 Å². The fourth-order valence-electron chi connectivity index (χ4n) is 1.78. The normalized spacial score (nSPS) is 15.4. The van der Waals surface area contributed by atoms with E-state index in [4.69, 9.17) is 9.63 Å². The van der Waals surface area contributed by atoms with Gasteiger partial charge in [-0.3, -0.25) is 9.69 Å². The number of aryl methyl sites for hydroxylation is 1. The van der Waals surface area contributed by atoms with Gasteiger partial charge in [-0.1, -0.05) is 12.1 Å².